The number of hydrogen-bond acceptors (Lipinski definition) is 3. The second kappa shape index (κ2) is 6.73. The third-order valence-electron chi connectivity index (χ3n) is 4.12. The predicted octanol–water partition coefficient (Wildman–Crippen LogP) is 2.34. The number of amides is 1. The maximum Gasteiger partial charge on any atom is 0.326 e. The number of carboxylic acids is 1. The fourth-order valence-corrected chi connectivity index (χ4v) is 2.86. The van der Waals surface area contributed by atoms with Gasteiger partial charge in [-0.15, -0.1) is 0 Å². The number of aliphatic carboxylic acids is 1. The zero-order valence-electron chi connectivity index (χ0n) is 13.0. The summed E-state index contributed by atoms with van der Waals surface area (Å²) in [4.78, 5) is 36.9. The second-order valence-corrected chi connectivity index (χ2v) is 5.82. The molecule has 5 nitrogen and oxygen atoms in total. The molecule has 1 fully saturated rings. The summed E-state index contributed by atoms with van der Waals surface area (Å²) in [5.41, 5.74) is 2.54. The lowest BCUT2D eigenvalue weighted by Crippen LogP contribution is -2.40. The first kappa shape index (κ1) is 16.2. The Morgan fingerprint density at radius 2 is 1.95 bits per heavy atom. The van der Waals surface area contributed by atoms with Crippen molar-refractivity contribution in [2.24, 2.45) is 0 Å². The molecule has 22 heavy (non-hydrogen) atoms. The van der Waals surface area contributed by atoms with Gasteiger partial charge in [0.05, 0.1) is 0 Å². The number of aryl methyl sites for hydroxylation is 2. The van der Waals surface area contributed by atoms with Crippen molar-refractivity contribution in [1.82, 2.24) is 4.90 Å². The largest absolute Gasteiger partial charge is 0.480 e. The molecule has 2 rings (SSSR count). The van der Waals surface area contributed by atoms with E-state index < -0.39 is 12.0 Å². The third kappa shape index (κ3) is 3.53. The van der Waals surface area contributed by atoms with Gasteiger partial charge >= 0.3 is 5.97 Å². The van der Waals surface area contributed by atoms with Gasteiger partial charge in [0, 0.05) is 24.9 Å². The Balaban J connectivity index is 1.97. The van der Waals surface area contributed by atoms with E-state index in [2.05, 4.69) is 0 Å². The average Bonchev–Trinajstić information content (AvgIpc) is 2.96. The van der Waals surface area contributed by atoms with Crippen molar-refractivity contribution in [2.75, 3.05) is 6.54 Å². The number of carbonyl (C=O) groups is 3. The maximum absolute atomic E-state index is 12.3. The van der Waals surface area contributed by atoms with Crippen molar-refractivity contribution in [3.05, 3.63) is 34.9 Å². The molecule has 118 valence electrons. The highest BCUT2D eigenvalue weighted by Gasteiger charge is 2.33. The molecular weight excluding hydrogens is 282 g/mol. The molecule has 1 aliphatic rings. The number of carboxylic acid groups (broad SMARTS) is 1. The number of rotatable bonds is 5. The van der Waals surface area contributed by atoms with Gasteiger partial charge in [-0.25, -0.2) is 4.79 Å². The summed E-state index contributed by atoms with van der Waals surface area (Å²) >= 11 is 0. The van der Waals surface area contributed by atoms with Crippen LogP contribution in [0.1, 0.15) is 47.2 Å². The molecule has 0 radical (unpaired) electrons. The molecule has 1 amide bonds. The molecule has 5 heteroatoms. The van der Waals surface area contributed by atoms with E-state index in [4.69, 9.17) is 5.11 Å². The van der Waals surface area contributed by atoms with Crippen LogP contribution in [0.15, 0.2) is 18.2 Å². The van der Waals surface area contributed by atoms with E-state index in [1.54, 1.807) is 0 Å². The Kier molecular flexibility index (Phi) is 4.96. The van der Waals surface area contributed by atoms with E-state index >= 15 is 0 Å². The van der Waals surface area contributed by atoms with E-state index in [-0.39, 0.29) is 24.5 Å². The van der Waals surface area contributed by atoms with Crippen LogP contribution in [-0.4, -0.2) is 40.3 Å². The lowest BCUT2D eigenvalue weighted by Gasteiger charge is -2.21. The van der Waals surface area contributed by atoms with Crippen molar-refractivity contribution in [3.8, 4) is 0 Å². The van der Waals surface area contributed by atoms with E-state index in [0.717, 1.165) is 11.1 Å². The second-order valence-electron chi connectivity index (χ2n) is 5.82. The summed E-state index contributed by atoms with van der Waals surface area (Å²) in [6, 6.07) is 4.94. The van der Waals surface area contributed by atoms with Crippen LogP contribution >= 0.6 is 0 Å². The quantitative estimate of drug-likeness (QED) is 0.847. The molecule has 1 unspecified atom stereocenters. The highest BCUT2D eigenvalue weighted by Crippen LogP contribution is 2.20. The SMILES string of the molecule is Cc1ccc(C)c(C(=O)CCC(=O)N2CCCC2C(=O)O)c1. The Morgan fingerprint density at radius 3 is 2.64 bits per heavy atom. The molecule has 1 heterocycles. The summed E-state index contributed by atoms with van der Waals surface area (Å²) in [5.74, 6) is -1.28. The smallest absolute Gasteiger partial charge is 0.326 e. The number of likely N-dealkylation sites (tertiary alicyclic amines) is 1. The highest BCUT2D eigenvalue weighted by atomic mass is 16.4. The van der Waals surface area contributed by atoms with Crippen molar-refractivity contribution in [3.63, 3.8) is 0 Å². The van der Waals surface area contributed by atoms with Crippen LogP contribution in [-0.2, 0) is 9.59 Å². The maximum atomic E-state index is 12.3. The molecule has 1 atom stereocenters. The van der Waals surface area contributed by atoms with Crippen molar-refractivity contribution < 1.29 is 19.5 Å². The van der Waals surface area contributed by atoms with Gasteiger partial charge < -0.3 is 10.0 Å². The third-order valence-corrected chi connectivity index (χ3v) is 4.12. The topological polar surface area (TPSA) is 74.7 Å². The Labute approximate surface area is 129 Å². The van der Waals surface area contributed by atoms with Gasteiger partial charge in [-0.1, -0.05) is 17.7 Å². The van der Waals surface area contributed by atoms with Crippen LogP contribution in [0, 0.1) is 13.8 Å². The van der Waals surface area contributed by atoms with Crippen LogP contribution in [0.25, 0.3) is 0 Å². The molecule has 0 saturated carbocycles. The van der Waals surface area contributed by atoms with Crippen LogP contribution < -0.4 is 0 Å². The molecule has 0 spiro atoms. The molecule has 1 N–H and O–H groups in total. The van der Waals surface area contributed by atoms with Gasteiger partial charge in [-0.3, -0.25) is 9.59 Å². The first-order chi connectivity index (χ1) is 10.4. The lowest BCUT2D eigenvalue weighted by molar-refractivity contribution is -0.148. The molecule has 1 saturated heterocycles. The van der Waals surface area contributed by atoms with Gasteiger partial charge in [-0.2, -0.15) is 0 Å². The molecular formula is C17H21NO4. The minimum atomic E-state index is -0.966. The molecule has 0 aliphatic carbocycles. The van der Waals surface area contributed by atoms with Crippen LogP contribution in [0.4, 0.5) is 0 Å². The summed E-state index contributed by atoms with van der Waals surface area (Å²) in [7, 11) is 0. The summed E-state index contributed by atoms with van der Waals surface area (Å²) in [6.07, 6.45) is 1.38. The van der Waals surface area contributed by atoms with Crippen molar-refractivity contribution in [2.45, 2.75) is 45.6 Å². The number of nitrogens with zero attached hydrogens (tertiary/aromatic N) is 1. The normalized spacial score (nSPS) is 17.5. The van der Waals surface area contributed by atoms with Gasteiger partial charge in [0.25, 0.3) is 0 Å². The Hall–Kier alpha value is -2.17. The zero-order valence-corrected chi connectivity index (χ0v) is 13.0. The van der Waals surface area contributed by atoms with Crippen LogP contribution in [0.5, 0.6) is 0 Å². The summed E-state index contributed by atoms with van der Waals surface area (Å²) < 4.78 is 0. The van der Waals surface area contributed by atoms with E-state index in [0.29, 0.717) is 24.9 Å². The van der Waals surface area contributed by atoms with Gasteiger partial charge in [0.2, 0.25) is 5.91 Å². The zero-order chi connectivity index (χ0) is 16.3. The van der Waals surface area contributed by atoms with Crippen molar-refractivity contribution in [1.29, 1.82) is 0 Å². The predicted molar refractivity (Wildman–Crippen MR) is 81.9 cm³/mol. The van der Waals surface area contributed by atoms with E-state index in [9.17, 15) is 14.4 Å². The first-order valence-corrected chi connectivity index (χ1v) is 7.53. The monoisotopic (exact) mass is 303 g/mol. The molecule has 1 aromatic rings. The van der Waals surface area contributed by atoms with Crippen LogP contribution in [0.2, 0.25) is 0 Å². The highest BCUT2D eigenvalue weighted by molar-refractivity contribution is 5.99. The van der Waals surface area contributed by atoms with Crippen LogP contribution in [0.3, 0.4) is 0 Å². The number of ketones is 1. The lowest BCUT2D eigenvalue weighted by atomic mass is 9.99. The minimum absolute atomic E-state index is 0.0655. The summed E-state index contributed by atoms with van der Waals surface area (Å²) in [6.45, 7) is 4.26. The first-order valence-electron chi connectivity index (χ1n) is 7.53. The van der Waals surface area contributed by atoms with Gasteiger partial charge in [0.1, 0.15) is 6.04 Å². The number of benzene rings is 1. The average molecular weight is 303 g/mol. The van der Waals surface area contributed by atoms with Gasteiger partial charge in [-0.05, 0) is 38.3 Å². The fourth-order valence-electron chi connectivity index (χ4n) is 2.86. The van der Waals surface area contributed by atoms with Gasteiger partial charge in [0.15, 0.2) is 5.78 Å². The fraction of sp³-hybridized carbons (Fsp3) is 0.471. The minimum Gasteiger partial charge on any atom is -0.480 e. The number of carbonyl (C=O) groups excluding carboxylic acids is 2. The number of hydrogen-bond donors (Lipinski definition) is 1. The van der Waals surface area contributed by atoms with Crippen molar-refractivity contribution >= 4 is 17.7 Å². The molecule has 0 aromatic heterocycles. The standard InChI is InChI=1S/C17H21NO4/c1-11-5-6-12(2)13(10-11)15(19)7-8-16(20)18-9-3-4-14(18)17(21)22/h5-6,10,14H,3-4,7-9H2,1-2H3,(H,21,22). The molecule has 1 aliphatic heterocycles. The molecule has 1 aromatic carbocycles. The van der Waals surface area contributed by atoms with E-state index in [1.165, 1.54) is 4.90 Å². The number of Topliss-reactive ketones (excluding diaryl/α,β-unsaturated/α-hetero) is 1. The molecule has 0 bridgehead atoms. The van der Waals surface area contributed by atoms with E-state index in [1.807, 2.05) is 32.0 Å². The Morgan fingerprint density at radius 1 is 1.23 bits per heavy atom. The summed E-state index contributed by atoms with van der Waals surface area (Å²) in [5, 5.41) is 9.09. The Bertz CT molecular complexity index is 609.